The Balaban J connectivity index is 2.55. The van der Waals surface area contributed by atoms with E-state index in [4.69, 9.17) is 5.73 Å². The largest absolute Gasteiger partial charge is 0.435 e. The topological polar surface area (TPSA) is 63.8 Å². The van der Waals surface area contributed by atoms with Crippen LogP contribution in [0.5, 0.6) is 0 Å². The molecule has 0 bridgehead atoms. The zero-order valence-corrected chi connectivity index (χ0v) is 8.33. The van der Waals surface area contributed by atoms with Crippen LogP contribution in [0.2, 0.25) is 0 Å². The van der Waals surface area contributed by atoms with Crippen LogP contribution in [0.25, 0.3) is 0 Å². The van der Waals surface area contributed by atoms with Gasteiger partial charge in [-0.15, -0.1) is 10.2 Å². The lowest BCUT2D eigenvalue weighted by Crippen LogP contribution is -2.10. The van der Waals surface area contributed by atoms with E-state index in [0.717, 1.165) is 6.07 Å². The molecule has 0 amide bonds. The van der Waals surface area contributed by atoms with Crippen molar-refractivity contribution in [1.29, 1.82) is 0 Å². The normalized spacial score (nSPS) is 12.0. The van der Waals surface area contributed by atoms with E-state index in [1.807, 2.05) is 0 Å². The molecule has 16 heavy (non-hydrogen) atoms. The first kappa shape index (κ1) is 12.4. The number of aromatic nitrogens is 2. The summed E-state index contributed by atoms with van der Waals surface area (Å²) in [5.74, 6) is 0.287. The predicted octanol–water partition coefficient (Wildman–Crippen LogP) is 1.42. The van der Waals surface area contributed by atoms with E-state index in [-0.39, 0.29) is 5.82 Å². The molecule has 1 heterocycles. The summed E-state index contributed by atoms with van der Waals surface area (Å²) in [6, 6.07) is 2.11. The first-order valence-corrected chi connectivity index (χ1v) is 4.54. The van der Waals surface area contributed by atoms with Gasteiger partial charge in [0.25, 0.3) is 0 Å². The van der Waals surface area contributed by atoms with Gasteiger partial charge in [0.15, 0.2) is 5.69 Å². The number of nitrogens with one attached hydrogen (secondary N) is 1. The van der Waals surface area contributed by atoms with E-state index in [2.05, 4.69) is 15.5 Å². The molecule has 4 nitrogen and oxygen atoms in total. The maximum absolute atomic E-state index is 12.1. The van der Waals surface area contributed by atoms with Gasteiger partial charge in [0.05, 0.1) is 0 Å². The van der Waals surface area contributed by atoms with Gasteiger partial charge in [0, 0.05) is 13.1 Å². The number of alkyl halides is 3. The van der Waals surface area contributed by atoms with Crippen LogP contribution in [0.15, 0.2) is 24.3 Å². The summed E-state index contributed by atoms with van der Waals surface area (Å²) in [5, 5.41) is 9.23. The highest BCUT2D eigenvalue weighted by Gasteiger charge is 2.32. The number of hydrogen-bond donors (Lipinski definition) is 2. The van der Waals surface area contributed by atoms with Crippen LogP contribution in [0.3, 0.4) is 0 Å². The molecule has 0 aromatic carbocycles. The van der Waals surface area contributed by atoms with Crippen LogP contribution >= 0.6 is 0 Å². The summed E-state index contributed by atoms with van der Waals surface area (Å²) < 4.78 is 36.4. The first-order chi connectivity index (χ1) is 7.54. The van der Waals surface area contributed by atoms with Crippen molar-refractivity contribution in [3.63, 3.8) is 0 Å². The Morgan fingerprint density at radius 2 is 2.00 bits per heavy atom. The smallest absolute Gasteiger partial charge is 0.365 e. The summed E-state index contributed by atoms with van der Waals surface area (Å²) in [7, 11) is 0. The minimum absolute atomic E-state index is 0.287. The fourth-order valence-corrected chi connectivity index (χ4v) is 0.921. The highest BCUT2D eigenvalue weighted by Crippen LogP contribution is 2.26. The van der Waals surface area contributed by atoms with Crippen molar-refractivity contribution < 1.29 is 13.2 Å². The van der Waals surface area contributed by atoms with Crippen LogP contribution in [-0.4, -0.2) is 23.3 Å². The number of nitrogens with two attached hydrogens (primary N) is 1. The van der Waals surface area contributed by atoms with Gasteiger partial charge in [-0.3, -0.25) is 0 Å². The zero-order valence-electron chi connectivity index (χ0n) is 8.33. The van der Waals surface area contributed by atoms with E-state index in [1.165, 1.54) is 6.07 Å². The van der Waals surface area contributed by atoms with Crippen LogP contribution in [0, 0.1) is 0 Å². The van der Waals surface area contributed by atoms with Crippen molar-refractivity contribution in [2.75, 3.05) is 18.4 Å². The third-order valence-electron chi connectivity index (χ3n) is 1.66. The van der Waals surface area contributed by atoms with E-state index in [1.54, 1.807) is 12.2 Å². The highest BCUT2D eigenvalue weighted by atomic mass is 19.4. The Hall–Kier alpha value is -1.63. The van der Waals surface area contributed by atoms with E-state index in [0.29, 0.717) is 13.1 Å². The molecule has 0 saturated heterocycles. The average molecular weight is 232 g/mol. The van der Waals surface area contributed by atoms with Crippen molar-refractivity contribution in [3.8, 4) is 0 Å². The summed E-state index contributed by atoms with van der Waals surface area (Å²) in [5.41, 5.74) is 4.20. The molecule has 1 aromatic heterocycles. The van der Waals surface area contributed by atoms with Gasteiger partial charge in [-0.1, -0.05) is 12.2 Å². The molecule has 0 saturated carbocycles. The standard InChI is InChI=1S/C9H11F3N4/c10-9(11,12)7-3-4-8(16-15-7)14-6-2-1-5-13/h1-4H,5-6,13H2,(H,14,16)/b2-1+. The number of nitrogens with zero attached hydrogens (tertiary/aromatic N) is 2. The van der Waals surface area contributed by atoms with Crippen LogP contribution in [0.1, 0.15) is 5.69 Å². The second-order valence-corrected chi connectivity index (χ2v) is 2.89. The first-order valence-electron chi connectivity index (χ1n) is 4.54. The van der Waals surface area contributed by atoms with Crippen molar-refractivity contribution in [1.82, 2.24) is 10.2 Å². The minimum Gasteiger partial charge on any atom is -0.365 e. The highest BCUT2D eigenvalue weighted by molar-refractivity contribution is 5.34. The van der Waals surface area contributed by atoms with E-state index in [9.17, 15) is 13.2 Å². The molecular formula is C9H11F3N4. The Labute approximate surface area is 90.4 Å². The molecule has 0 atom stereocenters. The molecule has 1 rings (SSSR count). The second kappa shape index (κ2) is 5.45. The average Bonchev–Trinajstić information content (AvgIpc) is 2.24. The Morgan fingerprint density at radius 1 is 1.25 bits per heavy atom. The molecule has 7 heteroatoms. The quantitative estimate of drug-likeness (QED) is 0.771. The molecule has 88 valence electrons. The van der Waals surface area contributed by atoms with Gasteiger partial charge in [-0.25, -0.2) is 0 Å². The van der Waals surface area contributed by atoms with Crippen molar-refractivity contribution >= 4 is 5.82 Å². The fourth-order valence-electron chi connectivity index (χ4n) is 0.921. The second-order valence-electron chi connectivity index (χ2n) is 2.89. The number of rotatable bonds is 4. The molecule has 0 aliphatic heterocycles. The van der Waals surface area contributed by atoms with Crippen molar-refractivity contribution in [2.24, 2.45) is 5.73 Å². The Morgan fingerprint density at radius 3 is 2.50 bits per heavy atom. The fraction of sp³-hybridized carbons (Fsp3) is 0.333. The van der Waals surface area contributed by atoms with Gasteiger partial charge in [-0.05, 0) is 12.1 Å². The molecule has 0 unspecified atom stereocenters. The third kappa shape index (κ3) is 3.85. The van der Waals surface area contributed by atoms with Gasteiger partial charge >= 0.3 is 6.18 Å². The maximum Gasteiger partial charge on any atom is 0.435 e. The summed E-state index contributed by atoms with van der Waals surface area (Å²) in [6.45, 7) is 0.859. The van der Waals surface area contributed by atoms with Crippen molar-refractivity contribution in [3.05, 3.63) is 30.0 Å². The summed E-state index contributed by atoms with van der Waals surface area (Å²) in [4.78, 5) is 0. The molecule has 1 aromatic rings. The van der Waals surface area contributed by atoms with Gasteiger partial charge in [0.1, 0.15) is 5.82 Å². The van der Waals surface area contributed by atoms with Crippen LogP contribution in [-0.2, 0) is 6.18 Å². The zero-order chi connectivity index (χ0) is 12.0. The lowest BCUT2D eigenvalue weighted by atomic mass is 10.4. The number of hydrogen-bond acceptors (Lipinski definition) is 4. The molecule has 0 spiro atoms. The van der Waals surface area contributed by atoms with Crippen molar-refractivity contribution in [2.45, 2.75) is 6.18 Å². The van der Waals surface area contributed by atoms with Gasteiger partial charge in [0.2, 0.25) is 0 Å². The molecule has 0 radical (unpaired) electrons. The minimum atomic E-state index is -4.45. The van der Waals surface area contributed by atoms with Crippen LogP contribution < -0.4 is 11.1 Å². The van der Waals surface area contributed by atoms with Crippen LogP contribution in [0.4, 0.5) is 19.0 Å². The van der Waals surface area contributed by atoms with E-state index >= 15 is 0 Å². The Kier molecular flexibility index (Phi) is 4.24. The lowest BCUT2D eigenvalue weighted by molar-refractivity contribution is -0.141. The van der Waals surface area contributed by atoms with E-state index < -0.39 is 11.9 Å². The summed E-state index contributed by atoms with van der Waals surface area (Å²) in [6.07, 6.45) is -0.977. The van der Waals surface area contributed by atoms with Gasteiger partial charge < -0.3 is 11.1 Å². The maximum atomic E-state index is 12.1. The SMILES string of the molecule is NC/C=C/CNc1ccc(C(F)(F)F)nn1. The monoisotopic (exact) mass is 232 g/mol. The molecule has 3 N–H and O–H groups in total. The lowest BCUT2D eigenvalue weighted by Gasteiger charge is -2.05. The molecule has 0 fully saturated rings. The third-order valence-corrected chi connectivity index (χ3v) is 1.66. The number of halogens is 3. The molecule has 0 aliphatic rings. The van der Waals surface area contributed by atoms with Gasteiger partial charge in [-0.2, -0.15) is 13.2 Å². The molecule has 0 aliphatic carbocycles. The predicted molar refractivity (Wildman–Crippen MR) is 53.7 cm³/mol. The molecular weight excluding hydrogens is 221 g/mol. The Bertz CT molecular complexity index is 345. The number of anilines is 1. The summed E-state index contributed by atoms with van der Waals surface area (Å²) >= 11 is 0.